The highest BCUT2D eigenvalue weighted by Gasteiger charge is 2.24. The summed E-state index contributed by atoms with van der Waals surface area (Å²) in [6, 6.07) is 2.09. The fourth-order valence-corrected chi connectivity index (χ4v) is 2.61. The third kappa shape index (κ3) is 1.54. The number of halogens is 2. The molecule has 0 spiro atoms. The van der Waals surface area contributed by atoms with Gasteiger partial charge in [-0.05, 0) is 12.1 Å². The van der Waals surface area contributed by atoms with Gasteiger partial charge in [0.15, 0.2) is 17.4 Å². The van der Waals surface area contributed by atoms with Gasteiger partial charge in [0.05, 0.1) is 0 Å². The number of fused-ring (bicyclic) bond motifs is 1. The number of Topliss-reactive ketones (excluding diaryl/α,β-unsaturated/α-hetero) is 1. The molecule has 4 heteroatoms. The number of carbonyl (C=O) groups is 1. The second kappa shape index (κ2) is 3.35. The largest absolute Gasteiger partial charge is 0.294 e. The Morgan fingerprint density at radius 3 is 2.71 bits per heavy atom. The topological polar surface area (TPSA) is 17.1 Å². The van der Waals surface area contributed by atoms with Crippen LogP contribution in [0.5, 0.6) is 0 Å². The molecule has 2 rings (SSSR count). The van der Waals surface area contributed by atoms with E-state index in [1.807, 2.05) is 6.92 Å². The minimum Gasteiger partial charge on any atom is -0.294 e. The second-order valence-electron chi connectivity index (χ2n) is 3.32. The standard InChI is InChI=1S/C10H8F2OS/c1-5-2-9(13)6-3-7(11)8(12)4-10(6)14-5/h3-5H,2H2,1H3. The van der Waals surface area contributed by atoms with Gasteiger partial charge < -0.3 is 0 Å². The molecule has 1 aliphatic heterocycles. The average Bonchev–Trinajstić information content (AvgIpc) is 2.08. The Morgan fingerprint density at radius 2 is 2.00 bits per heavy atom. The molecule has 0 bridgehead atoms. The lowest BCUT2D eigenvalue weighted by Crippen LogP contribution is -2.15. The van der Waals surface area contributed by atoms with E-state index >= 15 is 0 Å². The van der Waals surface area contributed by atoms with E-state index < -0.39 is 11.6 Å². The summed E-state index contributed by atoms with van der Waals surface area (Å²) in [5, 5.41) is 0.139. The minimum atomic E-state index is -0.952. The molecule has 0 saturated carbocycles. The van der Waals surface area contributed by atoms with Gasteiger partial charge in [0.2, 0.25) is 0 Å². The number of ketones is 1. The van der Waals surface area contributed by atoms with E-state index in [1.54, 1.807) is 0 Å². The molecule has 0 saturated heterocycles. The van der Waals surface area contributed by atoms with Gasteiger partial charge in [0, 0.05) is 22.1 Å². The van der Waals surface area contributed by atoms with Crippen LogP contribution in [-0.2, 0) is 0 Å². The van der Waals surface area contributed by atoms with Gasteiger partial charge in [-0.3, -0.25) is 4.79 Å². The molecular weight excluding hydrogens is 206 g/mol. The molecule has 0 radical (unpaired) electrons. The molecule has 1 aromatic rings. The number of hydrogen-bond acceptors (Lipinski definition) is 2. The first kappa shape index (κ1) is 9.65. The van der Waals surface area contributed by atoms with Crippen LogP contribution >= 0.6 is 11.8 Å². The van der Waals surface area contributed by atoms with Crippen LogP contribution in [0.15, 0.2) is 17.0 Å². The Morgan fingerprint density at radius 1 is 1.36 bits per heavy atom. The summed E-state index contributed by atoms with van der Waals surface area (Å²) in [5.74, 6) is -1.95. The lowest BCUT2D eigenvalue weighted by atomic mass is 10.1. The maximum absolute atomic E-state index is 12.9. The van der Waals surface area contributed by atoms with Crippen molar-refractivity contribution in [2.45, 2.75) is 23.5 Å². The molecular formula is C10H8F2OS. The zero-order chi connectivity index (χ0) is 10.3. The number of carbonyl (C=O) groups excluding carboxylic acids is 1. The molecule has 1 nitrogen and oxygen atoms in total. The first-order valence-corrected chi connectivity index (χ1v) is 5.15. The maximum atomic E-state index is 12.9. The van der Waals surface area contributed by atoms with Crippen molar-refractivity contribution in [2.24, 2.45) is 0 Å². The molecule has 1 aromatic carbocycles. The van der Waals surface area contributed by atoms with Gasteiger partial charge in [-0.25, -0.2) is 8.78 Å². The van der Waals surface area contributed by atoms with Crippen LogP contribution < -0.4 is 0 Å². The highest BCUT2D eigenvalue weighted by Crippen LogP contribution is 2.35. The number of thioether (sulfide) groups is 1. The first-order chi connectivity index (χ1) is 6.58. The summed E-state index contributed by atoms with van der Waals surface area (Å²) in [5.41, 5.74) is 0.312. The number of hydrogen-bond donors (Lipinski definition) is 0. The molecule has 1 heterocycles. The van der Waals surface area contributed by atoms with Gasteiger partial charge in [-0.15, -0.1) is 11.8 Å². The molecule has 14 heavy (non-hydrogen) atoms. The average molecular weight is 214 g/mol. The Hall–Kier alpha value is -0.900. The maximum Gasteiger partial charge on any atom is 0.165 e. The Balaban J connectivity index is 2.55. The summed E-state index contributed by atoms with van der Waals surface area (Å²) >= 11 is 1.41. The number of rotatable bonds is 0. The predicted octanol–water partition coefficient (Wildman–Crippen LogP) is 3.03. The lowest BCUT2D eigenvalue weighted by Gasteiger charge is -2.19. The van der Waals surface area contributed by atoms with E-state index in [0.717, 1.165) is 12.1 Å². The van der Waals surface area contributed by atoms with Crippen molar-refractivity contribution in [3.8, 4) is 0 Å². The van der Waals surface area contributed by atoms with Gasteiger partial charge >= 0.3 is 0 Å². The summed E-state index contributed by atoms with van der Waals surface area (Å²) < 4.78 is 25.7. The van der Waals surface area contributed by atoms with E-state index in [0.29, 0.717) is 16.9 Å². The van der Waals surface area contributed by atoms with Crippen LogP contribution in [0, 0.1) is 11.6 Å². The molecule has 1 aliphatic rings. The molecule has 0 aliphatic carbocycles. The zero-order valence-corrected chi connectivity index (χ0v) is 8.33. The van der Waals surface area contributed by atoms with E-state index in [2.05, 4.69) is 0 Å². The SMILES string of the molecule is CC1CC(=O)c2cc(F)c(F)cc2S1. The van der Waals surface area contributed by atoms with E-state index in [1.165, 1.54) is 11.8 Å². The fraction of sp³-hybridized carbons (Fsp3) is 0.300. The van der Waals surface area contributed by atoms with Crippen LogP contribution in [0.3, 0.4) is 0 Å². The number of benzene rings is 1. The summed E-state index contributed by atoms with van der Waals surface area (Å²) in [6.45, 7) is 1.90. The Labute approximate surface area is 84.5 Å². The van der Waals surface area contributed by atoms with Crippen LogP contribution in [0.25, 0.3) is 0 Å². The van der Waals surface area contributed by atoms with Crippen molar-refractivity contribution < 1.29 is 13.6 Å². The molecule has 0 amide bonds. The normalized spacial score (nSPS) is 20.8. The van der Waals surface area contributed by atoms with E-state index in [4.69, 9.17) is 0 Å². The minimum absolute atomic E-state index is 0.106. The van der Waals surface area contributed by atoms with Gasteiger partial charge in [-0.2, -0.15) is 0 Å². The summed E-state index contributed by atoms with van der Waals surface area (Å²) in [6.07, 6.45) is 0.392. The van der Waals surface area contributed by atoms with Crippen molar-refractivity contribution in [3.05, 3.63) is 29.3 Å². The van der Waals surface area contributed by atoms with Crippen molar-refractivity contribution in [3.63, 3.8) is 0 Å². The molecule has 1 unspecified atom stereocenters. The smallest absolute Gasteiger partial charge is 0.165 e. The van der Waals surface area contributed by atoms with Crippen molar-refractivity contribution in [2.75, 3.05) is 0 Å². The zero-order valence-electron chi connectivity index (χ0n) is 7.51. The molecule has 0 N–H and O–H groups in total. The molecule has 1 atom stereocenters. The second-order valence-corrected chi connectivity index (χ2v) is 4.80. The lowest BCUT2D eigenvalue weighted by molar-refractivity contribution is 0.0977. The predicted molar refractivity (Wildman–Crippen MR) is 50.6 cm³/mol. The van der Waals surface area contributed by atoms with Crippen LogP contribution in [0.4, 0.5) is 8.78 Å². The molecule has 0 aromatic heterocycles. The Kier molecular flexibility index (Phi) is 2.31. The fourth-order valence-electron chi connectivity index (χ4n) is 1.47. The van der Waals surface area contributed by atoms with Gasteiger partial charge in [-0.1, -0.05) is 6.92 Å². The summed E-state index contributed by atoms with van der Waals surface area (Å²) in [7, 11) is 0. The highest BCUT2D eigenvalue weighted by molar-refractivity contribution is 8.00. The molecule has 74 valence electrons. The van der Waals surface area contributed by atoms with Crippen LogP contribution in [-0.4, -0.2) is 11.0 Å². The summed E-state index contributed by atoms with van der Waals surface area (Å²) in [4.78, 5) is 12.0. The van der Waals surface area contributed by atoms with E-state index in [-0.39, 0.29) is 11.0 Å². The van der Waals surface area contributed by atoms with Crippen LogP contribution in [0.1, 0.15) is 23.7 Å². The monoisotopic (exact) mass is 214 g/mol. The Bertz CT molecular complexity index is 403. The molecule has 0 fully saturated rings. The first-order valence-electron chi connectivity index (χ1n) is 4.27. The van der Waals surface area contributed by atoms with Crippen molar-refractivity contribution >= 4 is 17.5 Å². The van der Waals surface area contributed by atoms with E-state index in [9.17, 15) is 13.6 Å². The van der Waals surface area contributed by atoms with Crippen molar-refractivity contribution in [1.29, 1.82) is 0 Å². The van der Waals surface area contributed by atoms with Crippen molar-refractivity contribution in [1.82, 2.24) is 0 Å². The quantitative estimate of drug-likeness (QED) is 0.660. The van der Waals surface area contributed by atoms with Gasteiger partial charge in [0.25, 0.3) is 0 Å². The highest BCUT2D eigenvalue weighted by atomic mass is 32.2. The third-order valence-electron chi connectivity index (χ3n) is 2.12. The van der Waals surface area contributed by atoms with Crippen LogP contribution in [0.2, 0.25) is 0 Å². The third-order valence-corrected chi connectivity index (χ3v) is 3.28. The van der Waals surface area contributed by atoms with Gasteiger partial charge in [0.1, 0.15) is 0 Å².